The number of benzene rings is 1. The lowest BCUT2D eigenvalue weighted by atomic mass is 9.99. The van der Waals surface area contributed by atoms with Crippen molar-refractivity contribution >= 4 is 17.5 Å². The topological polar surface area (TPSA) is 32.3 Å². The van der Waals surface area contributed by atoms with E-state index in [4.69, 9.17) is 11.6 Å². The molecule has 1 aliphatic heterocycles. The average molecular weight is 307 g/mol. The van der Waals surface area contributed by atoms with Gasteiger partial charge < -0.3 is 4.90 Å². The van der Waals surface area contributed by atoms with Crippen molar-refractivity contribution in [2.75, 3.05) is 0 Å². The molecule has 0 aromatic heterocycles. The van der Waals surface area contributed by atoms with Crippen LogP contribution >= 0.6 is 11.6 Å². The fourth-order valence-electron chi connectivity index (χ4n) is 3.20. The first-order valence-corrected chi connectivity index (χ1v) is 8.20. The van der Waals surface area contributed by atoms with Crippen molar-refractivity contribution in [3.63, 3.8) is 0 Å². The number of rotatable bonds is 4. The molecule has 0 radical (unpaired) electrons. The van der Waals surface area contributed by atoms with E-state index in [0.29, 0.717) is 12.0 Å². The standard InChI is InChI=1S/C17H23ClN2O/c1-4-17(3)16(21)20(11(2)12-5-6-12)15(19-17)13-7-9-14(18)10-8-13/h7-12,15,19H,4-6H2,1-3H3. The molecule has 2 fully saturated rings. The summed E-state index contributed by atoms with van der Waals surface area (Å²) in [5, 5.41) is 4.27. The Morgan fingerprint density at radius 3 is 2.52 bits per heavy atom. The van der Waals surface area contributed by atoms with E-state index in [1.54, 1.807) is 0 Å². The van der Waals surface area contributed by atoms with Crippen LogP contribution in [0.5, 0.6) is 0 Å². The number of hydrogen-bond acceptors (Lipinski definition) is 2. The Morgan fingerprint density at radius 2 is 2.00 bits per heavy atom. The van der Waals surface area contributed by atoms with Crippen LogP contribution in [0.4, 0.5) is 0 Å². The molecule has 1 amide bonds. The average Bonchev–Trinajstić information content (AvgIpc) is 3.28. The minimum absolute atomic E-state index is 0.0460. The van der Waals surface area contributed by atoms with Gasteiger partial charge in [-0.2, -0.15) is 0 Å². The summed E-state index contributed by atoms with van der Waals surface area (Å²) in [5.74, 6) is 0.883. The molecule has 4 heteroatoms. The van der Waals surface area contributed by atoms with Crippen molar-refractivity contribution < 1.29 is 4.79 Å². The molecule has 0 bridgehead atoms. The van der Waals surface area contributed by atoms with Gasteiger partial charge in [-0.3, -0.25) is 10.1 Å². The van der Waals surface area contributed by atoms with Crippen LogP contribution in [0.25, 0.3) is 0 Å². The van der Waals surface area contributed by atoms with Crippen LogP contribution < -0.4 is 5.32 Å². The number of carbonyl (C=O) groups excluding carboxylic acids is 1. The molecule has 21 heavy (non-hydrogen) atoms. The molecule has 1 saturated carbocycles. The number of carbonyl (C=O) groups is 1. The van der Waals surface area contributed by atoms with E-state index in [-0.39, 0.29) is 12.1 Å². The monoisotopic (exact) mass is 306 g/mol. The van der Waals surface area contributed by atoms with Gasteiger partial charge in [0.25, 0.3) is 0 Å². The Labute approximate surface area is 131 Å². The summed E-state index contributed by atoms with van der Waals surface area (Å²) in [6.07, 6.45) is 3.22. The minimum atomic E-state index is -0.465. The van der Waals surface area contributed by atoms with Gasteiger partial charge in [0.1, 0.15) is 6.17 Å². The number of nitrogens with zero attached hydrogens (tertiary/aromatic N) is 1. The fourth-order valence-corrected chi connectivity index (χ4v) is 3.33. The zero-order valence-corrected chi connectivity index (χ0v) is 13.7. The summed E-state index contributed by atoms with van der Waals surface area (Å²) in [6, 6.07) is 8.11. The highest BCUT2D eigenvalue weighted by Crippen LogP contribution is 2.42. The molecule has 3 nitrogen and oxygen atoms in total. The second kappa shape index (κ2) is 5.29. The van der Waals surface area contributed by atoms with Gasteiger partial charge in [-0.25, -0.2) is 0 Å². The summed E-state index contributed by atoms with van der Waals surface area (Å²) < 4.78 is 0. The Morgan fingerprint density at radius 1 is 1.38 bits per heavy atom. The van der Waals surface area contributed by atoms with Crippen LogP contribution in [-0.4, -0.2) is 22.4 Å². The van der Waals surface area contributed by atoms with E-state index in [0.717, 1.165) is 17.0 Å². The molecule has 1 heterocycles. The predicted octanol–water partition coefficient (Wildman–Crippen LogP) is 3.74. The zero-order valence-electron chi connectivity index (χ0n) is 12.9. The van der Waals surface area contributed by atoms with Crippen LogP contribution in [0.2, 0.25) is 5.02 Å². The predicted molar refractivity (Wildman–Crippen MR) is 85.1 cm³/mol. The van der Waals surface area contributed by atoms with E-state index in [2.05, 4.69) is 24.1 Å². The normalized spacial score (nSPS) is 30.8. The maximum atomic E-state index is 12.9. The van der Waals surface area contributed by atoms with E-state index in [9.17, 15) is 4.79 Å². The van der Waals surface area contributed by atoms with Gasteiger partial charge in [-0.15, -0.1) is 0 Å². The Hall–Kier alpha value is -1.06. The molecule has 3 rings (SSSR count). The lowest BCUT2D eigenvalue weighted by Crippen LogP contribution is -2.44. The molecule has 1 aromatic rings. The smallest absolute Gasteiger partial charge is 0.244 e. The molecular formula is C17H23ClN2O. The van der Waals surface area contributed by atoms with E-state index in [1.165, 1.54) is 12.8 Å². The molecule has 1 saturated heterocycles. The first-order chi connectivity index (χ1) is 9.96. The van der Waals surface area contributed by atoms with Gasteiger partial charge in [-0.05, 0) is 56.7 Å². The van der Waals surface area contributed by atoms with Gasteiger partial charge >= 0.3 is 0 Å². The lowest BCUT2D eigenvalue weighted by Gasteiger charge is -2.31. The van der Waals surface area contributed by atoms with Gasteiger partial charge in [0.05, 0.1) is 5.54 Å². The Bertz CT molecular complexity index is 540. The third-order valence-corrected chi connectivity index (χ3v) is 5.33. The molecule has 3 unspecified atom stereocenters. The third-order valence-electron chi connectivity index (χ3n) is 5.08. The highest BCUT2D eigenvalue weighted by Gasteiger charge is 2.51. The van der Waals surface area contributed by atoms with E-state index < -0.39 is 5.54 Å². The summed E-state index contributed by atoms with van der Waals surface area (Å²) in [6.45, 7) is 6.26. The lowest BCUT2D eigenvalue weighted by molar-refractivity contribution is -0.135. The summed E-state index contributed by atoms with van der Waals surface area (Å²) in [7, 11) is 0. The summed E-state index contributed by atoms with van der Waals surface area (Å²) >= 11 is 5.99. The third kappa shape index (κ3) is 2.58. The molecule has 1 N–H and O–H groups in total. The van der Waals surface area contributed by atoms with Crippen LogP contribution in [0.15, 0.2) is 24.3 Å². The zero-order chi connectivity index (χ0) is 15.2. The van der Waals surface area contributed by atoms with Gasteiger partial charge in [0.2, 0.25) is 5.91 Å². The van der Waals surface area contributed by atoms with E-state index in [1.807, 2.05) is 31.2 Å². The molecule has 2 aliphatic rings. The van der Waals surface area contributed by atoms with Crippen molar-refractivity contribution in [2.45, 2.75) is 57.8 Å². The van der Waals surface area contributed by atoms with Crippen molar-refractivity contribution in [1.82, 2.24) is 10.2 Å². The highest BCUT2D eigenvalue weighted by atomic mass is 35.5. The number of amides is 1. The van der Waals surface area contributed by atoms with E-state index >= 15 is 0 Å². The van der Waals surface area contributed by atoms with Crippen molar-refractivity contribution in [3.8, 4) is 0 Å². The maximum absolute atomic E-state index is 12.9. The highest BCUT2D eigenvalue weighted by molar-refractivity contribution is 6.30. The summed E-state index contributed by atoms with van der Waals surface area (Å²) in [4.78, 5) is 15.0. The SMILES string of the molecule is CCC1(C)NC(c2ccc(Cl)cc2)N(C(C)C2CC2)C1=O. The Balaban J connectivity index is 1.95. The molecule has 0 spiro atoms. The van der Waals surface area contributed by atoms with Crippen LogP contribution in [-0.2, 0) is 4.79 Å². The molecule has 1 aliphatic carbocycles. The van der Waals surface area contributed by atoms with Gasteiger partial charge in [0, 0.05) is 11.1 Å². The van der Waals surface area contributed by atoms with Crippen molar-refractivity contribution in [3.05, 3.63) is 34.9 Å². The van der Waals surface area contributed by atoms with Gasteiger partial charge in [-0.1, -0.05) is 30.7 Å². The largest absolute Gasteiger partial charge is 0.318 e. The molecular weight excluding hydrogens is 284 g/mol. The minimum Gasteiger partial charge on any atom is -0.318 e. The van der Waals surface area contributed by atoms with Crippen molar-refractivity contribution in [2.24, 2.45) is 5.92 Å². The van der Waals surface area contributed by atoms with Gasteiger partial charge in [0.15, 0.2) is 0 Å². The van der Waals surface area contributed by atoms with Crippen LogP contribution in [0.3, 0.4) is 0 Å². The second-order valence-electron chi connectivity index (χ2n) is 6.57. The first-order valence-electron chi connectivity index (χ1n) is 7.82. The molecule has 1 aromatic carbocycles. The Kier molecular flexibility index (Phi) is 3.74. The maximum Gasteiger partial charge on any atom is 0.244 e. The number of halogens is 1. The number of hydrogen-bond donors (Lipinski definition) is 1. The molecule has 3 atom stereocenters. The van der Waals surface area contributed by atoms with Crippen LogP contribution in [0.1, 0.15) is 51.8 Å². The fraction of sp³-hybridized carbons (Fsp3) is 0.588. The first kappa shape index (κ1) is 14.9. The number of nitrogens with one attached hydrogen (secondary N) is 1. The van der Waals surface area contributed by atoms with Crippen molar-refractivity contribution in [1.29, 1.82) is 0 Å². The molecule has 114 valence electrons. The quantitative estimate of drug-likeness (QED) is 0.919. The second-order valence-corrected chi connectivity index (χ2v) is 7.01. The summed E-state index contributed by atoms with van der Waals surface area (Å²) in [5.41, 5.74) is 0.644. The van der Waals surface area contributed by atoms with Crippen LogP contribution in [0, 0.1) is 5.92 Å².